The molecule has 10 heteroatoms. The smallest absolute Gasteiger partial charge is 0.243 e. The summed E-state index contributed by atoms with van der Waals surface area (Å²) in [5, 5.41) is 14.0. The molecule has 40 heavy (non-hydrogen) atoms. The van der Waals surface area contributed by atoms with Crippen LogP contribution in [0.3, 0.4) is 0 Å². The molecule has 0 unspecified atom stereocenters. The Kier molecular flexibility index (Phi) is 12.1. The first-order chi connectivity index (χ1) is 18.7. The Morgan fingerprint density at radius 1 is 0.525 bits per heavy atom. The summed E-state index contributed by atoms with van der Waals surface area (Å²) in [6, 6.07) is 4.50. The zero-order valence-corrected chi connectivity index (χ0v) is 25.0. The lowest BCUT2D eigenvalue weighted by atomic mass is 9.97. The van der Waals surface area contributed by atoms with Crippen LogP contribution in [0.15, 0.2) is 30.3 Å². The molecular weight excluding hydrogens is 510 g/mol. The molecule has 1 saturated heterocycles. The highest BCUT2D eigenvalue weighted by molar-refractivity contribution is 5.98. The molecule has 2 rings (SSSR count). The van der Waals surface area contributed by atoms with Gasteiger partial charge in [-0.25, -0.2) is 0 Å². The fourth-order valence-corrected chi connectivity index (χ4v) is 4.64. The van der Waals surface area contributed by atoms with Gasteiger partial charge in [-0.1, -0.05) is 85.7 Å². The van der Waals surface area contributed by atoms with E-state index in [9.17, 15) is 24.0 Å². The Morgan fingerprint density at radius 3 is 1.32 bits per heavy atom. The summed E-state index contributed by atoms with van der Waals surface area (Å²) in [5.74, 6) is -3.38. The fraction of sp³-hybridized carbons (Fsp3) is 0.633. The zero-order valence-electron chi connectivity index (χ0n) is 25.0. The SMILES string of the molecule is CC(C)C[C@@H]1NC(=O)[C@H](C(C)C)NC(=O)[C@H](Cc2ccccc2)NC(=O)[C@H](C(C)C)NC(=O)[C@H](C(C)C)NC1=O. The van der Waals surface area contributed by atoms with E-state index in [0.717, 1.165) is 5.56 Å². The van der Waals surface area contributed by atoms with Gasteiger partial charge in [-0.3, -0.25) is 24.0 Å². The van der Waals surface area contributed by atoms with E-state index in [1.54, 1.807) is 41.5 Å². The predicted molar refractivity (Wildman–Crippen MR) is 154 cm³/mol. The van der Waals surface area contributed by atoms with Gasteiger partial charge >= 0.3 is 0 Å². The van der Waals surface area contributed by atoms with E-state index < -0.39 is 59.7 Å². The minimum absolute atomic E-state index is 0.0685. The molecule has 1 aromatic rings. The normalized spacial score (nSPS) is 25.6. The standard InChI is InChI=1S/C30H47N5O5/c1-16(2)14-21-26(36)34-25(19(7)8)30(40)35-24(18(5)6)29(39)32-22(15-20-12-10-9-11-13-20)27(37)33-23(17(3)4)28(38)31-21/h9-13,16-19,21-25H,14-15H2,1-8H3,(H,31,38)(H,32,39)(H,33,37)(H,34,36)(H,35,40)/t21-,22-,23-,24-,25-/m0/s1. The number of benzene rings is 1. The molecule has 1 heterocycles. The lowest BCUT2D eigenvalue weighted by Crippen LogP contribution is -2.60. The van der Waals surface area contributed by atoms with Crippen LogP contribution in [0.1, 0.15) is 67.4 Å². The zero-order chi connectivity index (χ0) is 30.1. The number of carbonyl (C=O) groups is 5. The highest BCUT2D eigenvalue weighted by Crippen LogP contribution is 2.13. The second-order valence-electron chi connectivity index (χ2n) is 12.1. The van der Waals surface area contributed by atoms with Crippen LogP contribution < -0.4 is 26.6 Å². The molecule has 5 N–H and O–H groups in total. The molecule has 0 saturated carbocycles. The second-order valence-corrected chi connectivity index (χ2v) is 12.1. The van der Waals surface area contributed by atoms with Gasteiger partial charge in [0, 0.05) is 6.42 Å². The maximum absolute atomic E-state index is 13.6. The average molecular weight is 558 g/mol. The summed E-state index contributed by atoms with van der Waals surface area (Å²) in [4.78, 5) is 67.4. The second kappa shape index (κ2) is 14.8. The van der Waals surface area contributed by atoms with E-state index in [1.807, 2.05) is 44.2 Å². The van der Waals surface area contributed by atoms with Crippen LogP contribution >= 0.6 is 0 Å². The third-order valence-electron chi connectivity index (χ3n) is 7.00. The summed E-state index contributed by atoms with van der Waals surface area (Å²) in [5.41, 5.74) is 0.822. The summed E-state index contributed by atoms with van der Waals surface area (Å²) in [6.07, 6.45) is 0.530. The summed E-state index contributed by atoms with van der Waals surface area (Å²) < 4.78 is 0. The molecule has 0 bridgehead atoms. The molecule has 1 aromatic carbocycles. The first-order valence-corrected chi connectivity index (χ1v) is 14.3. The van der Waals surface area contributed by atoms with Crippen LogP contribution in [0.4, 0.5) is 0 Å². The Hall–Kier alpha value is -3.43. The molecule has 1 fully saturated rings. The molecule has 1 aliphatic heterocycles. The molecular formula is C30H47N5O5. The lowest BCUT2D eigenvalue weighted by Gasteiger charge is -2.29. The van der Waals surface area contributed by atoms with Crippen molar-refractivity contribution in [2.75, 3.05) is 0 Å². The predicted octanol–water partition coefficient (Wildman–Crippen LogP) is 1.68. The first kappa shape index (κ1) is 32.8. The Balaban J connectivity index is 2.57. The van der Waals surface area contributed by atoms with Crippen molar-refractivity contribution in [2.24, 2.45) is 23.7 Å². The average Bonchev–Trinajstić information content (AvgIpc) is 2.86. The summed E-state index contributed by atoms with van der Waals surface area (Å²) >= 11 is 0. The van der Waals surface area contributed by atoms with Crippen molar-refractivity contribution in [3.8, 4) is 0 Å². The molecule has 5 atom stereocenters. The van der Waals surface area contributed by atoms with Crippen LogP contribution in [0, 0.1) is 23.7 Å². The minimum atomic E-state index is -1.00. The quantitative estimate of drug-likeness (QED) is 0.346. The third kappa shape index (κ3) is 9.34. The Bertz CT molecular complexity index is 1040. The molecule has 10 nitrogen and oxygen atoms in total. The van der Waals surface area contributed by atoms with Gasteiger partial charge in [0.25, 0.3) is 0 Å². The molecule has 0 aliphatic carbocycles. The molecule has 0 radical (unpaired) electrons. The van der Waals surface area contributed by atoms with Crippen molar-refractivity contribution in [1.29, 1.82) is 0 Å². The number of hydrogen-bond donors (Lipinski definition) is 5. The maximum atomic E-state index is 13.6. The van der Waals surface area contributed by atoms with Crippen LogP contribution in [0.2, 0.25) is 0 Å². The van der Waals surface area contributed by atoms with Gasteiger partial charge in [0.15, 0.2) is 0 Å². The molecule has 0 spiro atoms. The molecule has 5 amide bonds. The largest absolute Gasteiger partial charge is 0.343 e. The van der Waals surface area contributed by atoms with Crippen molar-refractivity contribution < 1.29 is 24.0 Å². The lowest BCUT2D eigenvalue weighted by molar-refractivity contribution is -0.135. The van der Waals surface area contributed by atoms with Gasteiger partial charge in [0.2, 0.25) is 29.5 Å². The molecule has 222 valence electrons. The van der Waals surface area contributed by atoms with Crippen molar-refractivity contribution in [2.45, 2.75) is 98.4 Å². The van der Waals surface area contributed by atoms with Crippen molar-refractivity contribution in [1.82, 2.24) is 26.6 Å². The summed E-state index contributed by atoms with van der Waals surface area (Å²) in [6.45, 7) is 14.6. The van der Waals surface area contributed by atoms with E-state index >= 15 is 0 Å². The number of carbonyl (C=O) groups excluding carboxylic acids is 5. The monoisotopic (exact) mass is 557 g/mol. The number of rotatable bonds is 7. The highest BCUT2D eigenvalue weighted by atomic mass is 16.2. The summed E-state index contributed by atoms with van der Waals surface area (Å²) in [7, 11) is 0. The Morgan fingerprint density at radius 2 is 0.900 bits per heavy atom. The van der Waals surface area contributed by atoms with Crippen LogP contribution in [0.25, 0.3) is 0 Å². The van der Waals surface area contributed by atoms with E-state index in [0.29, 0.717) is 6.42 Å². The van der Waals surface area contributed by atoms with E-state index in [1.165, 1.54) is 0 Å². The van der Waals surface area contributed by atoms with Gasteiger partial charge in [-0.15, -0.1) is 0 Å². The van der Waals surface area contributed by atoms with Crippen molar-refractivity contribution in [3.05, 3.63) is 35.9 Å². The first-order valence-electron chi connectivity index (χ1n) is 14.3. The van der Waals surface area contributed by atoms with Crippen LogP contribution in [-0.4, -0.2) is 59.7 Å². The van der Waals surface area contributed by atoms with Gasteiger partial charge in [0.05, 0.1) is 0 Å². The third-order valence-corrected chi connectivity index (χ3v) is 7.00. The number of nitrogens with one attached hydrogen (secondary N) is 5. The maximum Gasteiger partial charge on any atom is 0.243 e. The Labute approximate surface area is 238 Å². The van der Waals surface area contributed by atoms with Crippen LogP contribution in [0.5, 0.6) is 0 Å². The number of amides is 5. The molecule has 1 aliphatic rings. The number of hydrogen-bond acceptors (Lipinski definition) is 5. The van der Waals surface area contributed by atoms with Gasteiger partial charge < -0.3 is 26.6 Å². The van der Waals surface area contributed by atoms with E-state index in [2.05, 4.69) is 26.6 Å². The van der Waals surface area contributed by atoms with E-state index in [-0.39, 0.29) is 30.1 Å². The fourth-order valence-electron chi connectivity index (χ4n) is 4.64. The van der Waals surface area contributed by atoms with E-state index in [4.69, 9.17) is 0 Å². The van der Waals surface area contributed by atoms with Gasteiger partial charge in [-0.2, -0.15) is 0 Å². The van der Waals surface area contributed by atoms with Crippen molar-refractivity contribution in [3.63, 3.8) is 0 Å². The van der Waals surface area contributed by atoms with Crippen molar-refractivity contribution >= 4 is 29.5 Å². The topological polar surface area (TPSA) is 146 Å². The molecule has 0 aromatic heterocycles. The van der Waals surface area contributed by atoms with Gasteiger partial charge in [0.1, 0.15) is 30.2 Å². The van der Waals surface area contributed by atoms with Crippen LogP contribution in [-0.2, 0) is 30.4 Å². The highest BCUT2D eigenvalue weighted by Gasteiger charge is 2.36. The van der Waals surface area contributed by atoms with Gasteiger partial charge in [-0.05, 0) is 35.7 Å². The minimum Gasteiger partial charge on any atom is -0.343 e.